The van der Waals surface area contributed by atoms with Gasteiger partial charge >= 0.3 is 0 Å². The number of nitrogens with one attached hydrogen (secondary N) is 1. The number of aliphatic hydroxyl groups excluding tert-OH is 1. The zero-order valence-electron chi connectivity index (χ0n) is 11.7. The number of fused-ring (bicyclic) bond motifs is 1. The first-order chi connectivity index (χ1) is 9.79. The molecule has 1 aromatic heterocycles. The molecule has 110 valence electrons. The van der Waals surface area contributed by atoms with Crippen molar-refractivity contribution in [3.8, 4) is 0 Å². The Hall–Kier alpha value is -1.40. The van der Waals surface area contributed by atoms with Gasteiger partial charge in [0.2, 0.25) is 5.91 Å². The largest absolute Gasteiger partial charge is 0.395 e. The van der Waals surface area contributed by atoms with E-state index in [1.807, 2.05) is 11.1 Å². The second kappa shape index (κ2) is 5.93. The third-order valence-corrected chi connectivity index (χ3v) is 4.44. The second-order valence-corrected chi connectivity index (χ2v) is 5.64. The van der Waals surface area contributed by atoms with Crippen LogP contribution in [-0.2, 0) is 11.2 Å². The molecule has 2 heterocycles. The second-order valence-electron chi connectivity index (χ2n) is 5.64. The van der Waals surface area contributed by atoms with E-state index in [0.717, 1.165) is 56.7 Å². The maximum Gasteiger partial charge on any atom is 0.230 e. The third kappa shape index (κ3) is 2.58. The van der Waals surface area contributed by atoms with Gasteiger partial charge in [-0.3, -0.25) is 14.8 Å². The van der Waals surface area contributed by atoms with Gasteiger partial charge in [0.05, 0.1) is 18.7 Å². The first-order valence-corrected chi connectivity index (χ1v) is 7.43. The Morgan fingerprint density at radius 1 is 1.40 bits per heavy atom. The number of piperazine rings is 1. The number of aromatic nitrogens is 2. The summed E-state index contributed by atoms with van der Waals surface area (Å²) in [6.45, 7) is 4.14. The van der Waals surface area contributed by atoms with Gasteiger partial charge in [-0.05, 0) is 19.3 Å². The van der Waals surface area contributed by atoms with E-state index in [-0.39, 0.29) is 18.4 Å². The van der Waals surface area contributed by atoms with E-state index in [1.165, 1.54) is 0 Å². The van der Waals surface area contributed by atoms with Crippen LogP contribution in [0.1, 0.15) is 30.0 Å². The van der Waals surface area contributed by atoms with Crippen LogP contribution in [0.2, 0.25) is 0 Å². The van der Waals surface area contributed by atoms with Gasteiger partial charge in [-0.25, -0.2) is 0 Å². The molecule has 0 spiro atoms. The minimum absolute atomic E-state index is 0.0121. The molecule has 3 rings (SSSR count). The van der Waals surface area contributed by atoms with E-state index in [9.17, 15) is 4.79 Å². The number of rotatable bonds is 3. The van der Waals surface area contributed by atoms with Crippen molar-refractivity contribution in [2.75, 3.05) is 39.3 Å². The van der Waals surface area contributed by atoms with Crippen LogP contribution in [0.4, 0.5) is 0 Å². The highest BCUT2D eigenvalue weighted by atomic mass is 16.3. The molecule has 0 radical (unpaired) electrons. The highest BCUT2D eigenvalue weighted by Crippen LogP contribution is 2.31. The van der Waals surface area contributed by atoms with Gasteiger partial charge in [-0.2, -0.15) is 5.10 Å². The maximum atomic E-state index is 12.7. The van der Waals surface area contributed by atoms with Crippen LogP contribution in [0, 0.1) is 0 Å². The molecule has 20 heavy (non-hydrogen) atoms. The van der Waals surface area contributed by atoms with Crippen LogP contribution in [0.3, 0.4) is 0 Å². The number of carbonyl (C=O) groups is 1. The quantitative estimate of drug-likeness (QED) is 0.814. The average molecular weight is 278 g/mol. The van der Waals surface area contributed by atoms with Crippen LogP contribution in [0.25, 0.3) is 0 Å². The number of aliphatic hydroxyl groups is 1. The van der Waals surface area contributed by atoms with Gasteiger partial charge in [0, 0.05) is 44.0 Å². The van der Waals surface area contributed by atoms with Gasteiger partial charge in [0.1, 0.15) is 0 Å². The lowest BCUT2D eigenvalue weighted by molar-refractivity contribution is -0.135. The maximum absolute atomic E-state index is 12.7. The van der Waals surface area contributed by atoms with Crippen LogP contribution in [-0.4, -0.2) is 70.3 Å². The molecule has 1 atom stereocenters. The van der Waals surface area contributed by atoms with Crippen molar-refractivity contribution >= 4 is 5.91 Å². The topological polar surface area (TPSA) is 72.5 Å². The molecule has 0 aromatic carbocycles. The first-order valence-electron chi connectivity index (χ1n) is 7.43. The number of nitrogens with zero attached hydrogens (tertiary/aromatic N) is 3. The Balaban J connectivity index is 1.64. The summed E-state index contributed by atoms with van der Waals surface area (Å²) >= 11 is 0. The Labute approximate surface area is 118 Å². The molecule has 6 nitrogen and oxygen atoms in total. The highest BCUT2D eigenvalue weighted by Gasteiger charge is 2.32. The summed E-state index contributed by atoms with van der Waals surface area (Å²) < 4.78 is 0. The zero-order chi connectivity index (χ0) is 13.9. The normalized spacial score (nSPS) is 23.6. The van der Waals surface area contributed by atoms with E-state index in [4.69, 9.17) is 5.11 Å². The van der Waals surface area contributed by atoms with E-state index in [2.05, 4.69) is 15.1 Å². The fraction of sp³-hybridized carbons (Fsp3) is 0.714. The lowest BCUT2D eigenvalue weighted by Gasteiger charge is -2.36. The summed E-state index contributed by atoms with van der Waals surface area (Å²) in [4.78, 5) is 16.9. The summed E-state index contributed by atoms with van der Waals surface area (Å²) in [6.07, 6.45) is 4.81. The third-order valence-electron chi connectivity index (χ3n) is 4.44. The van der Waals surface area contributed by atoms with Crippen molar-refractivity contribution in [2.45, 2.75) is 25.2 Å². The number of β-amino-alcohol motifs (C(OH)–C–C–N with tert-alkyl or cyclic N) is 1. The summed E-state index contributed by atoms with van der Waals surface area (Å²) in [7, 11) is 0. The summed E-state index contributed by atoms with van der Waals surface area (Å²) in [5.41, 5.74) is 2.23. The number of aryl methyl sites for hydroxylation is 1. The standard InChI is InChI=1S/C14H22N4O2/c19-9-8-17-4-6-18(7-5-17)14(20)11-2-1-3-13-12(11)10-15-16-13/h10-11,19H,1-9H2,(H,15,16). The molecule has 1 aromatic rings. The van der Waals surface area contributed by atoms with E-state index in [1.54, 1.807) is 0 Å². The molecule has 6 heteroatoms. The van der Waals surface area contributed by atoms with Crippen molar-refractivity contribution in [3.05, 3.63) is 17.5 Å². The van der Waals surface area contributed by atoms with Gasteiger partial charge in [-0.15, -0.1) is 0 Å². The fourth-order valence-corrected chi connectivity index (χ4v) is 3.27. The zero-order valence-corrected chi connectivity index (χ0v) is 11.7. The lowest BCUT2D eigenvalue weighted by atomic mass is 9.86. The number of hydrogen-bond acceptors (Lipinski definition) is 4. The minimum atomic E-state index is -0.0121. The van der Waals surface area contributed by atoms with Crippen LogP contribution < -0.4 is 0 Å². The van der Waals surface area contributed by atoms with Crippen molar-refractivity contribution in [1.82, 2.24) is 20.0 Å². The van der Waals surface area contributed by atoms with Crippen LogP contribution in [0.15, 0.2) is 6.20 Å². The monoisotopic (exact) mass is 278 g/mol. The molecule has 2 aliphatic rings. The van der Waals surface area contributed by atoms with Gasteiger partial charge in [0.25, 0.3) is 0 Å². The van der Waals surface area contributed by atoms with Gasteiger partial charge < -0.3 is 10.0 Å². The van der Waals surface area contributed by atoms with Crippen molar-refractivity contribution in [2.24, 2.45) is 0 Å². The molecule has 1 amide bonds. The number of carbonyl (C=O) groups excluding carboxylic acids is 1. The molecule has 1 unspecified atom stereocenters. The number of amides is 1. The number of aromatic amines is 1. The Bertz CT molecular complexity index is 465. The predicted octanol–water partition coefficient (Wildman–Crippen LogP) is -0.0339. The van der Waals surface area contributed by atoms with Crippen LogP contribution in [0.5, 0.6) is 0 Å². The van der Waals surface area contributed by atoms with Gasteiger partial charge in [-0.1, -0.05) is 0 Å². The first kappa shape index (κ1) is 13.6. The van der Waals surface area contributed by atoms with Gasteiger partial charge in [0.15, 0.2) is 0 Å². The van der Waals surface area contributed by atoms with Crippen LogP contribution >= 0.6 is 0 Å². The molecule has 1 aliphatic heterocycles. The summed E-state index contributed by atoms with van der Waals surface area (Å²) in [6, 6.07) is 0. The molecule has 1 aliphatic carbocycles. The average Bonchev–Trinajstić information content (AvgIpc) is 2.96. The Kier molecular flexibility index (Phi) is 4.03. The number of H-pyrrole nitrogens is 1. The van der Waals surface area contributed by atoms with E-state index in [0.29, 0.717) is 6.54 Å². The van der Waals surface area contributed by atoms with Crippen molar-refractivity contribution < 1.29 is 9.90 Å². The van der Waals surface area contributed by atoms with Crippen molar-refractivity contribution in [3.63, 3.8) is 0 Å². The lowest BCUT2D eigenvalue weighted by Crippen LogP contribution is -2.50. The SMILES string of the molecule is O=C(C1CCCc2[nH]ncc21)N1CCN(CCO)CC1. The van der Waals surface area contributed by atoms with E-state index >= 15 is 0 Å². The Morgan fingerprint density at radius 2 is 2.20 bits per heavy atom. The minimum Gasteiger partial charge on any atom is -0.395 e. The predicted molar refractivity (Wildman–Crippen MR) is 74.4 cm³/mol. The summed E-state index contributed by atoms with van der Waals surface area (Å²) in [5.74, 6) is 0.234. The summed E-state index contributed by atoms with van der Waals surface area (Å²) in [5, 5.41) is 16.0. The molecule has 1 saturated heterocycles. The number of hydrogen-bond donors (Lipinski definition) is 2. The smallest absolute Gasteiger partial charge is 0.230 e. The molecule has 2 N–H and O–H groups in total. The molecule has 0 saturated carbocycles. The van der Waals surface area contributed by atoms with Crippen molar-refractivity contribution in [1.29, 1.82) is 0 Å². The molecular weight excluding hydrogens is 256 g/mol. The fourth-order valence-electron chi connectivity index (χ4n) is 3.27. The Morgan fingerprint density at radius 3 is 2.95 bits per heavy atom. The molecular formula is C14H22N4O2. The molecule has 1 fully saturated rings. The highest BCUT2D eigenvalue weighted by molar-refractivity contribution is 5.84. The van der Waals surface area contributed by atoms with E-state index < -0.39 is 0 Å². The molecule has 0 bridgehead atoms.